The van der Waals surface area contributed by atoms with Crippen LogP contribution in [0, 0.1) is 5.92 Å². The summed E-state index contributed by atoms with van der Waals surface area (Å²) in [5, 5.41) is 0.344. The smallest absolute Gasteiger partial charge is 0.232 e. The first-order valence-electron chi connectivity index (χ1n) is 8.81. The summed E-state index contributed by atoms with van der Waals surface area (Å²) in [5.41, 5.74) is 0.470. The molecule has 0 radical (unpaired) electrons. The van der Waals surface area contributed by atoms with Gasteiger partial charge < -0.3 is 9.64 Å². The number of ether oxygens (including phenoxy) is 1. The Balaban J connectivity index is 2.01. The number of methoxy groups -OCH3 is 1. The Morgan fingerprint density at radius 3 is 2.73 bits per heavy atom. The van der Waals surface area contributed by atoms with E-state index in [2.05, 4.69) is 6.92 Å². The van der Waals surface area contributed by atoms with E-state index in [1.165, 1.54) is 11.4 Å². The van der Waals surface area contributed by atoms with Crippen LogP contribution in [0.4, 0.5) is 5.69 Å². The van der Waals surface area contributed by atoms with Gasteiger partial charge in [-0.3, -0.25) is 9.10 Å². The van der Waals surface area contributed by atoms with Crippen LogP contribution in [-0.2, 0) is 14.8 Å². The fraction of sp³-hybridized carbons (Fsp3) is 0.611. The molecule has 0 N–H and O–H groups in total. The first-order chi connectivity index (χ1) is 12.2. The lowest BCUT2D eigenvalue weighted by atomic mass is 10.00. The Morgan fingerprint density at radius 1 is 1.42 bits per heavy atom. The van der Waals surface area contributed by atoms with E-state index in [1.54, 1.807) is 18.2 Å². The zero-order valence-corrected chi connectivity index (χ0v) is 17.1. The first-order valence-corrected chi connectivity index (χ1v) is 11.0. The highest BCUT2D eigenvalue weighted by Gasteiger charge is 2.22. The molecule has 1 amide bonds. The SMILES string of the molecule is COc1ccc(N(CCCC(=O)N2CCC[C@H](C)C2)S(C)(=O)=O)cc1Cl. The lowest BCUT2D eigenvalue weighted by Gasteiger charge is -2.31. The van der Waals surface area contributed by atoms with Crippen LogP contribution in [-0.4, -0.2) is 52.2 Å². The van der Waals surface area contributed by atoms with Crippen molar-refractivity contribution in [3.8, 4) is 5.75 Å². The molecule has 0 spiro atoms. The quantitative estimate of drug-likeness (QED) is 0.702. The van der Waals surface area contributed by atoms with Gasteiger partial charge in [0, 0.05) is 26.1 Å². The van der Waals surface area contributed by atoms with Crippen LogP contribution in [0.15, 0.2) is 18.2 Å². The Morgan fingerprint density at radius 2 is 2.15 bits per heavy atom. The second-order valence-corrected chi connectivity index (χ2v) is 9.16. The van der Waals surface area contributed by atoms with Gasteiger partial charge in [0.1, 0.15) is 5.75 Å². The zero-order valence-electron chi connectivity index (χ0n) is 15.6. The predicted octanol–water partition coefficient (Wildman–Crippen LogP) is 3.15. The molecule has 1 aromatic rings. The molecule has 1 aromatic carbocycles. The number of carbonyl (C=O) groups is 1. The third-order valence-corrected chi connectivity index (χ3v) is 6.07. The number of halogens is 1. The summed E-state index contributed by atoms with van der Waals surface area (Å²) >= 11 is 6.12. The number of sulfonamides is 1. The highest BCUT2D eigenvalue weighted by Crippen LogP contribution is 2.30. The molecule has 6 nitrogen and oxygen atoms in total. The van der Waals surface area contributed by atoms with Crippen LogP contribution in [0.25, 0.3) is 0 Å². The third-order valence-electron chi connectivity index (χ3n) is 4.59. The summed E-state index contributed by atoms with van der Waals surface area (Å²) in [6.45, 7) is 3.98. The number of anilines is 1. The molecule has 8 heteroatoms. The minimum atomic E-state index is -3.48. The van der Waals surface area contributed by atoms with E-state index in [9.17, 15) is 13.2 Å². The van der Waals surface area contributed by atoms with Crippen molar-refractivity contribution in [2.45, 2.75) is 32.6 Å². The Bertz CT molecular complexity index is 739. The topological polar surface area (TPSA) is 66.9 Å². The van der Waals surface area contributed by atoms with Crippen molar-refractivity contribution >= 4 is 33.2 Å². The normalized spacial score (nSPS) is 17.8. The van der Waals surface area contributed by atoms with Gasteiger partial charge in [-0.15, -0.1) is 0 Å². The molecule has 26 heavy (non-hydrogen) atoms. The van der Waals surface area contributed by atoms with E-state index in [1.807, 2.05) is 4.90 Å². The Hall–Kier alpha value is -1.47. The molecule has 1 heterocycles. The summed E-state index contributed by atoms with van der Waals surface area (Å²) in [4.78, 5) is 14.3. The van der Waals surface area contributed by atoms with Gasteiger partial charge in [-0.2, -0.15) is 0 Å². The molecule has 0 saturated carbocycles. The van der Waals surface area contributed by atoms with Crippen molar-refractivity contribution in [1.29, 1.82) is 0 Å². The average molecular weight is 403 g/mol. The van der Waals surface area contributed by atoms with Crippen molar-refractivity contribution in [2.24, 2.45) is 5.92 Å². The number of piperidine rings is 1. The van der Waals surface area contributed by atoms with Gasteiger partial charge in [-0.25, -0.2) is 8.42 Å². The van der Waals surface area contributed by atoms with Crippen molar-refractivity contribution < 1.29 is 17.9 Å². The van der Waals surface area contributed by atoms with Crippen molar-refractivity contribution in [2.75, 3.05) is 37.3 Å². The van der Waals surface area contributed by atoms with Crippen molar-refractivity contribution in [3.05, 3.63) is 23.2 Å². The van der Waals surface area contributed by atoms with Gasteiger partial charge in [0.15, 0.2) is 0 Å². The van der Waals surface area contributed by atoms with E-state index in [4.69, 9.17) is 16.3 Å². The molecule has 1 aliphatic rings. The van der Waals surface area contributed by atoms with Crippen molar-refractivity contribution in [3.63, 3.8) is 0 Å². The minimum absolute atomic E-state index is 0.0952. The predicted molar refractivity (Wildman–Crippen MR) is 104 cm³/mol. The number of hydrogen-bond donors (Lipinski definition) is 0. The molecule has 1 aliphatic heterocycles. The lowest BCUT2D eigenvalue weighted by molar-refractivity contribution is -0.132. The van der Waals surface area contributed by atoms with Crippen LogP contribution in [0.2, 0.25) is 5.02 Å². The molecule has 0 aromatic heterocycles. The molecule has 146 valence electrons. The highest BCUT2D eigenvalue weighted by atomic mass is 35.5. The zero-order chi connectivity index (χ0) is 19.3. The maximum absolute atomic E-state index is 12.4. The van der Waals surface area contributed by atoms with Crippen LogP contribution in [0.5, 0.6) is 5.75 Å². The third kappa shape index (κ3) is 5.51. The van der Waals surface area contributed by atoms with Gasteiger partial charge in [-0.05, 0) is 43.4 Å². The summed E-state index contributed by atoms with van der Waals surface area (Å²) in [6.07, 6.45) is 4.14. The molecule has 2 rings (SSSR count). The monoisotopic (exact) mass is 402 g/mol. The van der Waals surface area contributed by atoms with E-state index in [0.717, 1.165) is 32.2 Å². The van der Waals surface area contributed by atoms with Gasteiger partial charge in [0.2, 0.25) is 15.9 Å². The molecular weight excluding hydrogens is 376 g/mol. The number of benzene rings is 1. The number of rotatable bonds is 7. The van der Waals surface area contributed by atoms with Gasteiger partial charge in [0.25, 0.3) is 0 Å². The lowest BCUT2D eigenvalue weighted by Crippen LogP contribution is -2.39. The number of nitrogens with zero attached hydrogens (tertiary/aromatic N) is 2. The highest BCUT2D eigenvalue weighted by molar-refractivity contribution is 7.92. The number of likely N-dealkylation sites (tertiary alicyclic amines) is 1. The molecule has 0 bridgehead atoms. The molecule has 0 aliphatic carbocycles. The second kappa shape index (κ2) is 8.95. The van der Waals surface area contributed by atoms with Crippen molar-refractivity contribution in [1.82, 2.24) is 4.90 Å². The van der Waals surface area contributed by atoms with E-state index < -0.39 is 10.0 Å². The van der Waals surface area contributed by atoms with E-state index in [-0.39, 0.29) is 12.5 Å². The van der Waals surface area contributed by atoms with E-state index >= 15 is 0 Å². The van der Waals surface area contributed by atoms with Gasteiger partial charge >= 0.3 is 0 Å². The molecule has 1 saturated heterocycles. The first kappa shape index (κ1) is 20.8. The van der Waals surface area contributed by atoms with Crippen LogP contribution >= 0.6 is 11.6 Å². The molecule has 1 fully saturated rings. The number of hydrogen-bond acceptors (Lipinski definition) is 4. The Kier molecular flexibility index (Phi) is 7.17. The van der Waals surface area contributed by atoms with E-state index in [0.29, 0.717) is 35.2 Å². The van der Waals surface area contributed by atoms with Gasteiger partial charge in [-0.1, -0.05) is 18.5 Å². The summed E-state index contributed by atoms with van der Waals surface area (Å²) < 4.78 is 30.7. The largest absolute Gasteiger partial charge is 0.495 e. The summed E-state index contributed by atoms with van der Waals surface area (Å²) in [7, 11) is -1.97. The second-order valence-electron chi connectivity index (χ2n) is 6.84. The van der Waals surface area contributed by atoms with Crippen LogP contribution in [0.1, 0.15) is 32.6 Å². The summed E-state index contributed by atoms with van der Waals surface area (Å²) in [6, 6.07) is 4.85. The average Bonchev–Trinajstić information content (AvgIpc) is 2.57. The van der Waals surface area contributed by atoms with Crippen LogP contribution in [0.3, 0.4) is 0 Å². The standard InChI is InChI=1S/C18H27ClN2O4S/c1-14-6-4-10-20(13-14)18(22)7-5-11-21(26(3,23)24)15-8-9-17(25-2)16(19)12-15/h8-9,12,14H,4-7,10-11,13H2,1-3H3/t14-/m0/s1. The summed E-state index contributed by atoms with van der Waals surface area (Å²) in [5.74, 6) is 1.11. The Labute approximate surface area is 161 Å². The maximum Gasteiger partial charge on any atom is 0.232 e. The molecule has 0 unspecified atom stereocenters. The number of carbonyl (C=O) groups excluding carboxylic acids is 1. The minimum Gasteiger partial charge on any atom is -0.495 e. The maximum atomic E-state index is 12.4. The van der Waals surface area contributed by atoms with Gasteiger partial charge in [0.05, 0.1) is 24.1 Å². The fourth-order valence-electron chi connectivity index (χ4n) is 3.24. The molecule has 1 atom stereocenters. The molecular formula is C18H27ClN2O4S. The fourth-order valence-corrected chi connectivity index (χ4v) is 4.45. The number of amides is 1. The van der Waals surface area contributed by atoms with Crippen LogP contribution < -0.4 is 9.04 Å².